The van der Waals surface area contributed by atoms with Crippen molar-refractivity contribution in [1.82, 2.24) is 20.5 Å². The Labute approximate surface area is 153 Å². The van der Waals surface area contributed by atoms with E-state index in [0.29, 0.717) is 36.8 Å². The van der Waals surface area contributed by atoms with Crippen LogP contribution in [0.25, 0.3) is 0 Å². The summed E-state index contributed by atoms with van der Waals surface area (Å²) in [5, 5.41) is 6.28. The molecule has 1 aliphatic rings. The Morgan fingerprint density at radius 1 is 1.36 bits per heavy atom. The second-order valence-electron chi connectivity index (χ2n) is 5.81. The fourth-order valence-corrected chi connectivity index (χ4v) is 2.91. The lowest BCUT2D eigenvalue weighted by atomic mass is 10.1. The number of likely N-dealkylation sites (tertiary alicyclic amines) is 1. The third-order valence-electron chi connectivity index (χ3n) is 3.94. The molecule has 2 amide bonds. The number of nitrogens with zero attached hydrogens (tertiary/aromatic N) is 2. The molecule has 0 bridgehead atoms. The van der Waals surface area contributed by atoms with Gasteiger partial charge in [-0.15, -0.1) is 5.92 Å². The summed E-state index contributed by atoms with van der Waals surface area (Å²) in [6, 6.07) is 2.80. The number of rotatable bonds is 5. The van der Waals surface area contributed by atoms with Gasteiger partial charge in [0.25, 0.3) is 5.91 Å². The minimum atomic E-state index is -0.283. The molecule has 0 aliphatic carbocycles. The van der Waals surface area contributed by atoms with Gasteiger partial charge >= 0.3 is 0 Å². The molecule has 1 aliphatic heterocycles. The van der Waals surface area contributed by atoms with Crippen molar-refractivity contribution in [3.63, 3.8) is 0 Å². The topological polar surface area (TPSA) is 74.3 Å². The van der Waals surface area contributed by atoms with Crippen LogP contribution in [-0.2, 0) is 4.79 Å². The Morgan fingerprint density at radius 2 is 2.16 bits per heavy atom. The zero-order valence-electron chi connectivity index (χ0n) is 14.5. The van der Waals surface area contributed by atoms with E-state index >= 15 is 0 Å². The highest BCUT2D eigenvalue weighted by Crippen LogP contribution is 2.18. The van der Waals surface area contributed by atoms with Crippen molar-refractivity contribution in [2.45, 2.75) is 38.8 Å². The zero-order chi connectivity index (χ0) is 18.2. The van der Waals surface area contributed by atoms with Crippen LogP contribution in [0.5, 0.6) is 0 Å². The first-order chi connectivity index (χ1) is 12.0. The quantitative estimate of drug-likeness (QED) is 0.778. The number of hydrogen-bond donors (Lipinski definition) is 2. The summed E-state index contributed by atoms with van der Waals surface area (Å²) in [5.41, 5.74) is 0.309. The van der Waals surface area contributed by atoms with Crippen molar-refractivity contribution in [3.05, 3.63) is 29.0 Å². The van der Waals surface area contributed by atoms with E-state index in [0.717, 1.165) is 6.42 Å². The summed E-state index contributed by atoms with van der Waals surface area (Å²) in [7, 11) is 0. The fraction of sp³-hybridized carbons (Fsp3) is 0.500. The Bertz CT molecular complexity index is 666. The Balaban J connectivity index is 2.02. The highest BCUT2D eigenvalue weighted by Gasteiger charge is 2.36. The summed E-state index contributed by atoms with van der Waals surface area (Å²) in [6.07, 6.45) is 2.77. The number of aromatic nitrogens is 1. The first kappa shape index (κ1) is 19.2. The molecule has 2 rings (SSSR count). The number of amides is 2. The number of carbonyl (C=O) groups excluding carboxylic acids is 2. The van der Waals surface area contributed by atoms with E-state index in [4.69, 9.17) is 11.6 Å². The Kier molecular flexibility index (Phi) is 7.23. The van der Waals surface area contributed by atoms with Gasteiger partial charge in [-0.2, -0.15) is 0 Å². The molecule has 2 N–H and O–H groups in total. The zero-order valence-corrected chi connectivity index (χ0v) is 15.3. The molecule has 1 fully saturated rings. The smallest absolute Gasteiger partial charge is 0.270 e. The number of nitrogens with one attached hydrogen (secondary N) is 2. The van der Waals surface area contributed by atoms with Crippen LogP contribution in [0.4, 0.5) is 0 Å². The molecule has 1 aromatic rings. The number of carbonyl (C=O) groups is 2. The maximum absolute atomic E-state index is 12.3. The average molecular weight is 363 g/mol. The molecular formula is C18H23ClN4O2. The second kappa shape index (κ2) is 9.40. The number of likely N-dealkylation sites (N-methyl/N-ethyl adjacent to an activating group) is 1. The van der Waals surface area contributed by atoms with Gasteiger partial charge in [-0.1, -0.05) is 24.4 Å². The van der Waals surface area contributed by atoms with Gasteiger partial charge in [0.1, 0.15) is 5.69 Å². The van der Waals surface area contributed by atoms with Gasteiger partial charge in [0, 0.05) is 31.7 Å². The van der Waals surface area contributed by atoms with Gasteiger partial charge in [-0.05, 0) is 25.5 Å². The molecule has 2 atom stereocenters. The van der Waals surface area contributed by atoms with Crippen LogP contribution in [0.1, 0.15) is 37.2 Å². The summed E-state index contributed by atoms with van der Waals surface area (Å²) >= 11 is 5.79. The molecule has 1 saturated heterocycles. The van der Waals surface area contributed by atoms with E-state index in [2.05, 4.69) is 27.5 Å². The van der Waals surface area contributed by atoms with Gasteiger partial charge in [0.05, 0.1) is 17.6 Å². The normalized spacial score (nSPS) is 19.8. The van der Waals surface area contributed by atoms with Crippen molar-refractivity contribution < 1.29 is 9.59 Å². The third kappa shape index (κ3) is 5.45. The second-order valence-corrected chi connectivity index (χ2v) is 6.25. The van der Waals surface area contributed by atoms with Crippen LogP contribution < -0.4 is 10.6 Å². The maximum Gasteiger partial charge on any atom is 0.270 e. The largest absolute Gasteiger partial charge is 0.355 e. The molecule has 25 heavy (non-hydrogen) atoms. The van der Waals surface area contributed by atoms with E-state index in [1.54, 1.807) is 12.1 Å². The first-order valence-electron chi connectivity index (χ1n) is 8.45. The van der Waals surface area contributed by atoms with Crippen molar-refractivity contribution in [2.75, 3.05) is 19.6 Å². The van der Waals surface area contributed by atoms with Crippen LogP contribution in [0, 0.1) is 11.8 Å². The predicted octanol–water partition coefficient (Wildman–Crippen LogP) is 1.46. The average Bonchev–Trinajstić information content (AvgIpc) is 2.98. The summed E-state index contributed by atoms with van der Waals surface area (Å²) in [4.78, 5) is 30.6. The maximum atomic E-state index is 12.3. The third-order valence-corrected chi connectivity index (χ3v) is 4.16. The Morgan fingerprint density at radius 3 is 2.80 bits per heavy atom. The molecule has 0 saturated carbocycles. The summed E-state index contributed by atoms with van der Waals surface area (Å²) in [6.45, 7) is 5.55. The van der Waals surface area contributed by atoms with E-state index < -0.39 is 0 Å². The van der Waals surface area contributed by atoms with Gasteiger partial charge in [0.15, 0.2) is 0 Å². The van der Waals surface area contributed by atoms with E-state index in [-0.39, 0.29) is 23.9 Å². The SMILES string of the molecule is CCC#CCN1CC(NC(=O)c2ccc(Cl)cn2)CC1C(=O)NCC. The molecule has 7 heteroatoms. The van der Waals surface area contributed by atoms with E-state index in [1.807, 2.05) is 18.7 Å². The molecular weight excluding hydrogens is 340 g/mol. The van der Waals surface area contributed by atoms with Gasteiger partial charge < -0.3 is 10.6 Å². The van der Waals surface area contributed by atoms with E-state index in [9.17, 15) is 9.59 Å². The lowest BCUT2D eigenvalue weighted by molar-refractivity contribution is -0.125. The number of halogens is 1. The molecule has 1 aromatic heterocycles. The van der Waals surface area contributed by atoms with Crippen LogP contribution in [0.2, 0.25) is 5.02 Å². The van der Waals surface area contributed by atoms with Crippen molar-refractivity contribution >= 4 is 23.4 Å². The lowest BCUT2D eigenvalue weighted by Gasteiger charge is -2.20. The van der Waals surface area contributed by atoms with Crippen LogP contribution >= 0.6 is 11.6 Å². The molecule has 0 aromatic carbocycles. The summed E-state index contributed by atoms with van der Waals surface area (Å²) in [5.74, 6) is 5.80. The van der Waals surface area contributed by atoms with Crippen LogP contribution in [0.3, 0.4) is 0 Å². The van der Waals surface area contributed by atoms with E-state index in [1.165, 1.54) is 6.20 Å². The molecule has 2 heterocycles. The fourth-order valence-electron chi connectivity index (χ4n) is 2.80. The number of pyridine rings is 1. The van der Waals surface area contributed by atoms with Crippen molar-refractivity contribution in [1.29, 1.82) is 0 Å². The number of hydrogen-bond acceptors (Lipinski definition) is 4. The Hall–Kier alpha value is -2.10. The summed E-state index contributed by atoms with van der Waals surface area (Å²) < 4.78 is 0. The highest BCUT2D eigenvalue weighted by molar-refractivity contribution is 6.30. The predicted molar refractivity (Wildman–Crippen MR) is 97.2 cm³/mol. The standard InChI is InChI=1S/C18H23ClN4O2/c1-3-5-6-9-23-12-14(10-16(23)18(25)20-4-2)22-17(24)15-8-7-13(19)11-21-15/h7-8,11,14,16H,3-4,9-10,12H2,1-2H3,(H,20,25)(H,22,24). The molecule has 0 spiro atoms. The lowest BCUT2D eigenvalue weighted by Crippen LogP contribution is -2.43. The molecule has 134 valence electrons. The van der Waals surface area contributed by atoms with Crippen molar-refractivity contribution in [3.8, 4) is 11.8 Å². The minimum Gasteiger partial charge on any atom is -0.355 e. The molecule has 0 radical (unpaired) electrons. The molecule has 6 nitrogen and oxygen atoms in total. The van der Waals surface area contributed by atoms with Gasteiger partial charge in [-0.3, -0.25) is 14.5 Å². The molecule has 2 unspecified atom stereocenters. The highest BCUT2D eigenvalue weighted by atomic mass is 35.5. The van der Waals surface area contributed by atoms with Crippen LogP contribution in [-0.4, -0.2) is 53.4 Å². The van der Waals surface area contributed by atoms with Gasteiger partial charge in [0.2, 0.25) is 5.91 Å². The first-order valence-corrected chi connectivity index (χ1v) is 8.82. The van der Waals surface area contributed by atoms with Crippen LogP contribution in [0.15, 0.2) is 18.3 Å². The van der Waals surface area contributed by atoms with Gasteiger partial charge in [-0.25, -0.2) is 4.98 Å². The van der Waals surface area contributed by atoms with Crippen molar-refractivity contribution in [2.24, 2.45) is 0 Å². The minimum absolute atomic E-state index is 0.0258. The monoisotopic (exact) mass is 362 g/mol.